The summed E-state index contributed by atoms with van der Waals surface area (Å²) in [5.41, 5.74) is -0.751. The Labute approximate surface area is 502 Å². The third kappa shape index (κ3) is 58.5. The molecule has 0 aliphatic rings. The van der Waals surface area contributed by atoms with Gasteiger partial charge in [-0.15, -0.1) is 0 Å². The maximum atomic E-state index is 10.6. The molecule has 0 radical (unpaired) electrons. The maximum absolute atomic E-state index is 10.6. The van der Waals surface area contributed by atoms with E-state index in [4.69, 9.17) is 15.3 Å². The standard InChI is InChI=1S/C72H140O9/c73-65-72(66-74,67-75)64-71(61-55-49-43-37-31-25-19-13-7-1-4-10-16-22-28-34-40-46-52-58-68(76)77,62-56-50-44-38-32-26-20-14-8-2-5-11-17-23-29-35-41-47-53-59-69(78)79)63-57-51-45-39-33-27-21-15-9-3-6-12-18-24-30-36-42-48-54-60-70(80)81/h73-75H,1-67H2,(H,76,77)(H,78,79)(H,80,81). The highest BCUT2D eigenvalue weighted by atomic mass is 16.4. The molecule has 0 saturated heterocycles. The van der Waals surface area contributed by atoms with Crippen LogP contribution in [0.3, 0.4) is 0 Å². The molecule has 0 heterocycles. The number of unbranched alkanes of at least 4 members (excludes halogenated alkanes) is 54. The highest BCUT2D eigenvalue weighted by Gasteiger charge is 2.40. The molecule has 0 aromatic heterocycles. The lowest BCUT2D eigenvalue weighted by Crippen LogP contribution is -2.40. The lowest BCUT2D eigenvalue weighted by Gasteiger charge is -2.42. The Bertz CT molecular complexity index is 1160. The minimum Gasteiger partial charge on any atom is -0.481 e. The lowest BCUT2D eigenvalue weighted by molar-refractivity contribution is -0.138. The number of carboxylic acids is 3. The van der Waals surface area contributed by atoms with Gasteiger partial charge in [-0.1, -0.05) is 347 Å². The van der Waals surface area contributed by atoms with Crippen LogP contribution in [0.2, 0.25) is 0 Å². The molecule has 0 saturated carbocycles. The van der Waals surface area contributed by atoms with Gasteiger partial charge in [0.05, 0.1) is 19.8 Å². The second kappa shape index (κ2) is 62.8. The van der Waals surface area contributed by atoms with E-state index in [-0.39, 0.29) is 25.2 Å². The van der Waals surface area contributed by atoms with Gasteiger partial charge in [-0.05, 0) is 50.4 Å². The summed E-state index contributed by atoms with van der Waals surface area (Å²) in [6.07, 6.45) is 78.0. The minimum atomic E-state index is -0.814. The van der Waals surface area contributed by atoms with Gasteiger partial charge in [0.15, 0.2) is 0 Å². The van der Waals surface area contributed by atoms with Crippen molar-refractivity contribution in [3.05, 3.63) is 0 Å². The second-order valence-corrected chi connectivity index (χ2v) is 26.5. The number of aliphatic carboxylic acids is 3. The molecule has 0 atom stereocenters. The van der Waals surface area contributed by atoms with Crippen LogP contribution in [0.1, 0.15) is 411 Å². The van der Waals surface area contributed by atoms with Crippen molar-refractivity contribution in [3.63, 3.8) is 0 Å². The van der Waals surface area contributed by atoms with Gasteiger partial charge in [-0.25, -0.2) is 0 Å². The van der Waals surface area contributed by atoms with Gasteiger partial charge in [0.1, 0.15) is 0 Å². The van der Waals surface area contributed by atoms with Crippen molar-refractivity contribution in [3.8, 4) is 0 Å². The van der Waals surface area contributed by atoms with Crippen molar-refractivity contribution in [1.82, 2.24) is 0 Å². The fraction of sp³-hybridized carbons (Fsp3) is 0.958. The Hall–Kier alpha value is -1.71. The summed E-state index contributed by atoms with van der Waals surface area (Å²) in [4.78, 5) is 31.9. The summed E-state index contributed by atoms with van der Waals surface area (Å²) in [6.45, 7) is -0.454. The zero-order chi connectivity index (χ0) is 59.1. The van der Waals surface area contributed by atoms with E-state index in [2.05, 4.69) is 0 Å². The number of aliphatic hydroxyl groups excluding tert-OH is 3. The predicted molar refractivity (Wildman–Crippen MR) is 345 cm³/mol. The number of hydrogen-bond donors (Lipinski definition) is 6. The van der Waals surface area contributed by atoms with Crippen LogP contribution >= 0.6 is 0 Å². The fourth-order valence-corrected chi connectivity index (χ4v) is 13.1. The summed E-state index contributed by atoms with van der Waals surface area (Å²) in [5, 5.41) is 58.2. The molecule has 81 heavy (non-hydrogen) atoms. The van der Waals surface area contributed by atoms with E-state index >= 15 is 0 Å². The molecule has 6 N–H and O–H groups in total. The first-order valence-corrected chi connectivity index (χ1v) is 36.1. The quantitative estimate of drug-likeness (QED) is 0.0324. The van der Waals surface area contributed by atoms with Crippen LogP contribution in [0, 0.1) is 10.8 Å². The summed E-state index contributed by atoms with van der Waals surface area (Å²) in [6, 6.07) is 0. The van der Waals surface area contributed by atoms with Gasteiger partial charge >= 0.3 is 17.9 Å². The molecule has 0 bridgehead atoms. The second-order valence-electron chi connectivity index (χ2n) is 26.5. The highest BCUT2D eigenvalue weighted by Crippen LogP contribution is 2.46. The third-order valence-corrected chi connectivity index (χ3v) is 18.5. The molecular weight excluding hydrogens is 1010 g/mol. The number of aliphatic hydroxyl groups is 3. The first kappa shape index (κ1) is 79.3. The average Bonchev–Trinajstić information content (AvgIpc) is 3.45. The molecule has 0 aliphatic heterocycles. The minimum absolute atomic E-state index is 0.0632. The van der Waals surface area contributed by atoms with Crippen molar-refractivity contribution in [2.24, 2.45) is 10.8 Å². The predicted octanol–water partition coefficient (Wildman–Crippen LogP) is 22.2. The van der Waals surface area contributed by atoms with Crippen LogP contribution in [-0.2, 0) is 14.4 Å². The molecular formula is C72H140O9. The van der Waals surface area contributed by atoms with E-state index in [0.717, 1.165) is 64.2 Å². The summed E-state index contributed by atoms with van der Waals surface area (Å²) in [7, 11) is 0. The summed E-state index contributed by atoms with van der Waals surface area (Å²) < 4.78 is 0. The molecule has 482 valence electrons. The fourth-order valence-electron chi connectivity index (χ4n) is 13.1. The zero-order valence-corrected chi connectivity index (χ0v) is 53.8. The molecule has 0 rings (SSSR count). The van der Waals surface area contributed by atoms with Crippen molar-refractivity contribution >= 4 is 17.9 Å². The first-order valence-electron chi connectivity index (χ1n) is 36.1. The molecule has 0 fully saturated rings. The van der Waals surface area contributed by atoms with Crippen LogP contribution in [-0.4, -0.2) is 68.4 Å². The summed E-state index contributed by atoms with van der Waals surface area (Å²) >= 11 is 0. The van der Waals surface area contributed by atoms with Crippen molar-refractivity contribution in [2.75, 3.05) is 19.8 Å². The van der Waals surface area contributed by atoms with E-state index in [9.17, 15) is 29.7 Å². The summed E-state index contributed by atoms with van der Waals surface area (Å²) in [5.74, 6) is -2.00. The van der Waals surface area contributed by atoms with Crippen LogP contribution in [0.5, 0.6) is 0 Å². The Balaban J connectivity index is 4.72. The van der Waals surface area contributed by atoms with Crippen molar-refractivity contribution < 1.29 is 45.0 Å². The largest absolute Gasteiger partial charge is 0.481 e. The van der Waals surface area contributed by atoms with E-state index in [1.165, 1.54) is 327 Å². The smallest absolute Gasteiger partial charge is 0.303 e. The van der Waals surface area contributed by atoms with Crippen LogP contribution in [0.4, 0.5) is 0 Å². The monoisotopic (exact) mass is 1150 g/mol. The number of carbonyl (C=O) groups is 3. The van der Waals surface area contributed by atoms with Crippen molar-refractivity contribution in [1.29, 1.82) is 0 Å². The van der Waals surface area contributed by atoms with Gasteiger partial charge in [0, 0.05) is 24.7 Å². The average molecular weight is 1150 g/mol. The molecule has 9 nitrogen and oxygen atoms in total. The Kier molecular flexibility index (Phi) is 61.5. The number of hydrogen-bond acceptors (Lipinski definition) is 6. The van der Waals surface area contributed by atoms with E-state index in [0.29, 0.717) is 19.3 Å². The Morgan fingerprint density at radius 1 is 0.185 bits per heavy atom. The molecule has 0 aromatic carbocycles. The highest BCUT2D eigenvalue weighted by molar-refractivity contribution is 5.67. The third-order valence-electron chi connectivity index (χ3n) is 18.5. The molecule has 0 aromatic rings. The molecule has 0 amide bonds. The normalized spacial score (nSPS) is 12.0. The van der Waals surface area contributed by atoms with Crippen LogP contribution in [0.25, 0.3) is 0 Å². The van der Waals surface area contributed by atoms with Crippen molar-refractivity contribution in [2.45, 2.75) is 411 Å². The maximum Gasteiger partial charge on any atom is 0.303 e. The van der Waals surface area contributed by atoms with Gasteiger partial charge < -0.3 is 30.6 Å². The van der Waals surface area contributed by atoms with E-state index in [1.54, 1.807) is 0 Å². The number of rotatable bonds is 71. The Morgan fingerprint density at radius 2 is 0.309 bits per heavy atom. The van der Waals surface area contributed by atoms with Gasteiger partial charge in [-0.2, -0.15) is 0 Å². The van der Waals surface area contributed by atoms with Gasteiger partial charge in [0.25, 0.3) is 0 Å². The Morgan fingerprint density at radius 3 is 0.432 bits per heavy atom. The first-order chi connectivity index (χ1) is 39.6. The molecule has 9 heteroatoms. The van der Waals surface area contributed by atoms with Gasteiger partial charge in [-0.3, -0.25) is 14.4 Å². The molecule has 0 aliphatic carbocycles. The topological polar surface area (TPSA) is 173 Å². The molecule has 0 spiro atoms. The van der Waals surface area contributed by atoms with Crippen LogP contribution in [0.15, 0.2) is 0 Å². The van der Waals surface area contributed by atoms with E-state index in [1.807, 2.05) is 0 Å². The number of carboxylic acid groups (broad SMARTS) is 3. The zero-order valence-electron chi connectivity index (χ0n) is 53.8. The van der Waals surface area contributed by atoms with Crippen LogP contribution < -0.4 is 0 Å². The van der Waals surface area contributed by atoms with Gasteiger partial charge in [0.2, 0.25) is 0 Å². The van der Waals surface area contributed by atoms with E-state index < -0.39 is 23.3 Å². The molecule has 0 unspecified atom stereocenters. The lowest BCUT2D eigenvalue weighted by atomic mass is 9.64. The SMILES string of the molecule is O=C(O)CCCCCCCCCCCCCCCCCCCCCC(CCCCCCCCCCCCCCCCCCCCCC(=O)O)(CCCCCCCCCCCCCCCCCCCCCC(=O)O)CC(CO)(CO)CO.